The minimum absolute atomic E-state index is 0.168. The van der Waals surface area contributed by atoms with Gasteiger partial charge in [-0.25, -0.2) is 0 Å². The molecule has 0 saturated heterocycles. The number of carbonyl (C=O) groups is 1. The summed E-state index contributed by atoms with van der Waals surface area (Å²) in [7, 11) is 0. The van der Waals surface area contributed by atoms with Gasteiger partial charge in [-0.1, -0.05) is 32.4 Å². The van der Waals surface area contributed by atoms with Gasteiger partial charge in [0.1, 0.15) is 0 Å². The standard InChI is InChI=1S/C32H53NO3/c1-21(9-12-29(36)33-18-15-22-7-5-4-6-8-22)25-10-11-26-30-27(14-17-32(25,26)3)31(2)16-13-24(34)19-23(31)20-28(30)35/h7,21,23-28,30,34-35H,4-6,8-20H2,1-3H3,(H,33,36). The third-order valence-corrected chi connectivity index (χ3v) is 12.4. The first-order chi connectivity index (χ1) is 17.2. The number of aliphatic hydroxyl groups excluding tert-OH is 2. The van der Waals surface area contributed by atoms with Gasteiger partial charge in [0, 0.05) is 13.0 Å². The van der Waals surface area contributed by atoms with Crippen LogP contribution in [0, 0.1) is 46.3 Å². The molecule has 4 nitrogen and oxygen atoms in total. The van der Waals surface area contributed by atoms with Crippen LogP contribution in [0.1, 0.15) is 117 Å². The molecular weight excluding hydrogens is 446 g/mol. The maximum atomic E-state index is 12.6. The Labute approximate surface area is 220 Å². The molecule has 0 aromatic carbocycles. The van der Waals surface area contributed by atoms with Crippen LogP contribution >= 0.6 is 0 Å². The molecule has 4 heteroatoms. The Hall–Kier alpha value is -0.870. The van der Waals surface area contributed by atoms with E-state index in [9.17, 15) is 15.0 Å². The molecular formula is C32H53NO3. The second-order valence-electron chi connectivity index (χ2n) is 14.2. The minimum Gasteiger partial charge on any atom is -0.393 e. The fraction of sp³-hybridized carbons (Fsp3) is 0.906. The highest BCUT2D eigenvalue weighted by atomic mass is 16.3. The molecule has 0 radical (unpaired) electrons. The lowest BCUT2D eigenvalue weighted by Crippen LogP contribution is -2.58. The topological polar surface area (TPSA) is 69.6 Å². The van der Waals surface area contributed by atoms with E-state index in [-0.39, 0.29) is 18.1 Å². The minimum atomic E-state index is -0.206. The first-order valence-electron chi connectivity index (χ1n) is 15.5. The molecule has 204 valence electrons. The van der Waals surface area contributed by atoms with Crippen molar-refractivity contribution in [1.29, 1.82) is 0 Å². The van der Waals surface area contributed by atoms with Gasteiger partial charge in [0.05, 0.1) is 12.2 Å². The Morgan fingerprint density at radius 2 is 1.83 bits per heavy atom. The van der Waals surface area contributed by atoms with Crippen LogP contribution in [-0.2, 0) is 4.79 Å². The Bertz CT molecular complexity index is 824. The highest BCUT2D eigenvalue weighted by molar-refractivity contribution is 5.75. The molecule has 36 heavy (non-hydrogen) atoms. The second-order valence-corrected chi connectivity index (χ2v) is 14.2. The Balaban J connectivity index is 1.16. The molecule has 0 heterocycles. The quantitative estimate of drug-likeness (QED) is 0.355. The first-order valence-corrected chi connectivity index (χ1v) is 15.5. The predicted octanol–water partition coefficient (Wildman–Crippen LogP) is 6.40. The van der Waals surface area contributed by atoms with Gasteiger partial charge in [-0.15, -0.1) is 0 Å². The van der Waals surface area contributed by atoms with Gasteiger partial charge in [0.2, 0.25) is 5.91 Å². The molecule has 5 aliphatic carbocycles. The largest absolute Gasteiger partial charge is 0.393 e. The number of allylic oxidation sites excluding steroid dienone is 1. The van der Waals surface area contributed by atoms with E-state index in [1.807, 2.05) is 0 Å². The van der Waals surface area contributed by atoms with Crippen molar-refractivity contribution >= 4 is 5.91 Å². The number of carbonyl (C=O) groups excluding carboxylic acids is 1. The average Bonchev–Trinajstić information content (AvgIpc) is 3.21. The van der Waals surface area contributed by atoms with Crippen molar-refractivity contribution in [3.63, 3.8) is 0 Å². The zero-order valence-electron chi connectivity index (χ0n) is 23.3. The Kier molecular flexibility index (Phi) is 7.95. The molecule has 0 spiro atoms. The molecule has 3 N–H and O–H groups in total. The number of rotatable bonds is 7. The molecule has 10 unspecified atom stereocenters. The van der Waals surface area contributed by atoms with Gasteiger partial charge in [-0.2, -0.15) is 0 Å². The van der Waals surface area contributed by atoms with E-state index in [2.05, 4.69) is 32.2 Å². The van der Waals surface area contributed by atoms with Crippen molar-refractivity contribution in [3.05, 3.63) is 11.6 Å². The maximum absolute atomic E-state index is 12.6. The van der Waals surface area contributed by atoms with Crippen LogP contribution in [0.25, 0.3) is 0 Å². The molecule has 0 bridgehead atoms. The van der Waals surface area contributed by atoms with Gasteiger partial charge < -0.3 is 15.5 Å². The van der Waals surface area contributed by atoms with Crippen molar-refractivity contribution in [2.45, 2.75) is 129 Å². The van der Waals surface area contributed by atoms with Crippen LogP contribution in [0.15, 0.2) is 11.6 Å². The molecule has 0 aromatic rings. The summed E-state index contributed by atoms with van der Waals surface area (Å²) in [6, 6.07) is 0. The van der Waals surface area contributed by atoms with E-state index in [1.165, 1.54) is 56.9 Å². The van der Waals surface area contributed by atoms with Crippen LogP contribution in [0.4, 0.5) is 0 Å². The first kappa shape index (κ1) is 26.7. The van der Waals surface area contributed by atoms with Gasteiger partial charge in [-0.3, -0.25) is 4.79 Å². The normalized spacial score (nSPS) is 45.1. The zero-order valence-corrected chi connectivity index (χ0v) is 23.3. The number of aliphatic hydroxyl groups is 2. The SMILES string of the molecule is CC(CCC(=O)NCCC1=CCCCC1)C1CCC2C3C(O)CC4CC(O)CCC4(C)C3CCC12C. The third kappa shape index (κ3) is 4.95. The van der Waals surface area contributed by atoms with Crippen LogP contribution in [-0.4, -0.2) is 34.9 Å². The van der Waals surface area contributed by atoms with Crippen molar-refractivity contribution < 1.29 is 15.0 Å². The molecule has 1 amide bonds. The van der Waals surface area contributed by atoms with E-state index in [0.717, 1.165) is 45.1 Å². The maximum Gasteiger partial charge on any atom is 0.220 e. The fourth-order valence-corrected chi connectivity index (χ4v) is 10.3. The number of nitrogens with one attached hydrogen (secondary N) is 1. The summed E-state index contributed by atoms with van der Waals surface area (Å²) < 4.78 is 0. The highest BCUT2D eigenvalue weighted by Gasteiger charge is 2.62. The van der Waals surface area contributed by atoms with Crippen LogP contribution < -0.4 is 5.32 Å². The van der Waals surface area contributed by atoms with E-state index in [0.29, 0.717) is 52.8 Å². The van der Waals surface area contributed by atoms with Crippen LogP contribution in [0.2, 0.25) is 0 Å². The summed E-state index contributed by atoms with van der Waals surface area (Å²) in [6.45, 7) is 8.21. The number of fused-ring (bicyclic) bond motifs is 5. The summed E-state index contributed by atoms with van der Waals surface area (Å²) in [5.41, 5.74) is 2.12. The Morgan fingerprint density at radius 3 is 2.61 bits per heavy atom. The summed E-state index contributed by atoms with van der Waals surface area (Å²) in [6.07, 6.45) is 18.6. The smallest absolute Gasteiger partial charge is 0.220 e. The third-order valence-electron chi connectivity index (χ3n) is 12.4. The summed E-state index contributed by atoms with van der Waals surface area (Å²) in [4.78, 5) is 12.6. The lowest BCUT2D eigenvalue weighted by molar-refractivity contribution is -0.174. The lowest BCUT2D eigenvalue weighted by atomic mass is 9.43. The van der Waals surface area contributed by atoms with Gasteiger partial charge in [0.25, 0.3) is 0 Å². The summed E-state index contributed by atoms with van der Waals surface area (Å²) in [5.74, 6) is 3.56. The molecule has 0 aromatic heterocycles. The van der Waals surface area contributed by atoms with Crippen molar-refractivity contribution in [2.24, 2.45) is 46.3 Å². The van der Waals surface area contributed by atoms with Crippen molar-refractivity contribution in [2.75, 3.05) is 6.54 Å². The van der Waals surface area contributed by atoms with Crippen molar-refractivity contribution in [3.8, 4) is 0 Å². The van der Waals surface area contributed by atoms with E-state index in [4.69, 9.17) is 0 Å². The predicted molar refractivity (Wildman–Crippen MR) is 145 cm³/mol. The molecule has 4 fully saturated rings. The van der Waals surface area contributed by atoms with Crippen molar-refractivity contribution in [1.82, 2.24) is 5.32 Å². The van der Waals surface area contributed by atoms with Crippen LogP contribution in [0.3, 0.4) is 0 Å². The van der Waals surface area contributed by atoms with E-state index < -0.39 is 0 Å². The number of amides is 1. The zero-order chi connectivity index (χ0) is 25.5. The Morgan fingerprint density at radius 1 is 1.06 bits per heavy atom. The second kappa shape index (κ2) is 10.7. The summed E-state index contributed by atoms with van der Waals surface area (Å²) in [5, 5.41) is 24.9. The molecule has 0 aliphatic heterocycles. The van der Waals surface area contributed by atoms with Crippen LogP contribution in [0.5, 0.6) is 0 Å². The molecule has 10 atom stereocenters. The van der Waals surface area contributed by atoms with Gasteiger partial charge >= 0.3 is 0 Å². The van der Waals surface area contributed by atoms with Gasteiger partial charge in [0.15, 0.2) is 0 Å². The lowest BCUT2D eigenvalue weighted by Gasteiger charge is -2.62. The van der Waals surface area contributed by atoms with E-state index >= 15 is 0 Å². The number of hydrogen-bond donors (Lipinski definition) is 3. The fourth-order valence-electron chi connectivity index (χ4n) is 10.3. The number of hydrogen-bond acceptors (Lipinski definition) is 3. The molecule has 5 rings (SSSR count). The molecule has 4 saturated carbocycles. The average molecular weight is 500 g/mol. The monoisotopic (exact) mass is 499 g/mol. The van der Waals surface area contributed by atoms with Gasteiger partial charge in [-0.05, 0) is 136 Å². The highest BCUT2D eigenvalue weighted by Crippen LogP contribution is 2.68. The summed E-state index contributed by atoms with van der Waals surface area (Å²) >= 11 is 0. The van der Waals surface area contributed by atoms with E-state index in [1.54, 1.807) is 0 Å². The molecule has 5 aliphatic rings.